The standard InChI is InChI=1S/C13H17N3O3/c1-18-13(17)9-4-7(14)6-15-12(9)16-10-5-8-2-3-11(10)19-8/h4,6,8,10-11H,2-3,5,14H2,1H3,(H,15,16). The number of methoxy groups -OCH3 is 1. The van der Waals surface area contributed by atoms with Crippen LogP contribution in [-0.2, 0) is 9.47 Å². The number of hydrogen-bond acceptors (Lipinski definition) is 6. The highest BCUT2D eigenvalue weighted by atomic mass is 16.5. The van der Waals surface area contributed by atoms with E-state index in [0.717, 1.165) is 19.3 Å². The van der Waals surface area contributed by atoms with Crippen LogP contribution in [0.25, 0.3) is 0 Å². The summed E-state index contributed by atoms with van der Waals surface area (Å²) in [5.74, 6) is 0.0774. The van der Waals surface area contributed by atoms with Crippen molar-refractivity contribution in [3.63, 3.8) is 0 Å². The first-order chi connectivity index (χ1) is 9.17. The molecule has 0 spiro atoms. The fourth-order valence-corrected chi connectivity index (χ4v) is 2.83. The van der Waals surface area contributed by atoms with Gasteiger partial charge in [0.15, 0.2) is 0 Å². The summed E-state index contributed by atoms with van der Waals surface area (Å²) in [6.45, 7) is 0. The second kappa shape index (κ2) is 4.70. The summed E-state index contributed by atoms with van der Waals surface area (Å²) in [5, 5.41) is 3.29. The summed E-state index contributed by atoms with van der Waals surface area (Å²) in [6, 6.07) is 1.79. The molecule has 6 nitrogen and oxygen atoms in total. The molecule has 1 aromatic rings. The van der Waals surface area contributed by atoms with Crippen LogP contribution in [-0.4, -0.2) is 36.3 Å². The Morgan fingerprint density at radius 3 is 3.05 bits per heavy atom. The number of fused-ring (bicyclic) bond motifs is 2. The number of carbonyl (C=O) groups excluding carboxylic acids is 1. The van der Waals surface area contributed by atoms with Crippen LogP contribution in [0.1, 0.15) is 29.6 Å². The molecule has 0 aliphatic carbocycles. The van der Waals surface area contributed by atoms with E-state index in [1.54, 1.807) is 6.07 Å². The molecule has 0 radical (unpaired) electrons. The molecule has 3 heterocycles. The molecule has 0 aromatic carbocycles. The van der Waals surface area contributed by atoms with Crippen molar-refractivity contribution in [2.24, 2.45) is 0 Å². The van der Waals surface area contributed by atoms with E-state index in [-0.39, 0.29) is 12.1 Å². The summed E-state index contributed by atoms with van der Waals surface area (Å²) in [6.07, 6.45) is 5.24. The van der Waals surface area contributed by atoms with Gasteiger partial charge in [-0.1, -0.05) is 0 Å². The van der Waals surface area contributed by atoms with Crippen LogP contribution in [0.2, 0.25) is 0 Å². The van der Waals surface area contributed by atoms with Crippen molar-refractivity contribution in [3.05, 3.63) is 17.8 Å². The van der Waals surface area contributed by atoms with Gasteiger partial charge in [-0.3, -0.25) is 0 Å². The monoisotopic (exact) mass is 263 g/mol. The van der Waals surface area contributed by atoms with Crippen LogP contribution < -0.4 is 11.1 Å². The Morgan fingerprint density at radius 1 is 1.58 bits per heavy atom. The number of nitrogen functional groups attached to an aromatic ring is 1. The maximum absolute atomic E-state index is 11.7. The van der Waals surface area contributed by atoms with E-state index >= 15 is 0 Å². The van der Waals surface area contributed by atoms with Crippen molar-refractivity contribution in [3.8, 4) is 0 Å². The van der Waals surface area contributed by atoms with Gasteiger partial charge in [0, 0.05) is 0 Å². The number of pyridine rings is 1. The zero-order chi connectivity index (χ0) is 13.4. The van der Waals surface area contributed by atoms with Gasteiger partial charge in [-0.25, -0.2) is 9.78 Å². The first-order valence-corrected chi connectivity index (χ1v) is 6.43. The Balaban J connectivity index is 1.82. The Bertz CT molecular complexity index is 506. The van der Waals surface area contributed by atoms with Crippen molar-refractivity contribution in [2.75, 3.05) is 18.2 Å². The molecule has 6 heteroatoms. The van der Waals surface area contributed by atoms with E-state index in [4.69, 9.17) is 15.2 Å². The smallest absolute Gasteiger partial charge is 0.341 e. The average Bonchev–Trinajstić information content (AvgIpc) is 3.02. The zero-order valence-electron chi connectivity index (χ0n) is 10.8. The van der Waals surface area contributed by atoms with Crippen LogP contribution >= 0.6 is 0 Å². The molecule has 3 N–H and O–H groups in total. The van der Waals surface area contributed by atoms with Gasteiger partial charge in [0.2, 0.25) is 0 Å². The van der Waals surface area contributed by atoms with Gasteiger partial charge >= 0.3 is 5.97 Å². The van der Waals surface area contributed by atoms with E-state index in [1.807, 2.05) is 0 Å². The SMILES string of the molecule is COC(=O)c1cc(N)cnc1NC1CC2CCC1O2. The Kier molecular flexibility index (Phi) is 3.02. The number of nitrogens with two attached hydrogens (primary N) is 1. The van der Waals surface area contributed by atoms with Gasteiger partial charge in [0.1, 0.15) is 11.4 Å². The molecule has 0 amide bonds. The number of ether oxygens (including phenoxy) is 2. The van der Waals surface area contributed by atoms with Gasteiger partial charge in [0.25, 0.3) is 0 Å². The molecular formula is C13H17N3O3. The molecule has 2 fully saturated rings. The third-order valence-corrected chi connectivity index (χ3v) is 3.74. The molecule has 1 aromatic heterocycles. The van der Waals surface area contributed by atoms with Gasteiger partial charge in [0.05, 0.1) is 37.2 Å². The maximum atomic E-state index is 11.7. The number of nitrogens with zero attached hydrogens (tertiary/aromatic N) is 1. The van der Waals surface area contributed by atoms with E-state index in [2.05, 4.69) is 10.3 Å². The van der Waals surface area contributed by atoms with E-state index in [9.17, 15) is 4.79 Å². The Morgan fingerprint density at radius 2 is 2.42 bits per heavy atom. The molecule has 3 unspecified atom stereocenters. The Labute approximate surface area is 111 Å². The van der Waals surface area contributed by atoms with Crippen molar-refractivity contribution in [1.82, 2.24) is 4.98 Å². The third-order valence-electron chi connectivity index (χ3n) is 3.74. The first kappa shape index (κ1) is 12.2. The lowest BCUT2D eigenvalue weighted by Crippen LogP contribution is -2.31. The fourth-order valence-electron chi connectivity index (χ4n) is 2.83. The number of esters is 1. The average molecular weight is 263 g/mol. The van der Waals surface area contributed by atoms with Crippen molar-refractivity contribution in [1.29, 1.82) is 0 Å². The lowest BCUT2D eigenvalue weighted by atomic mass is 9.95. The van der Waals surface area contributed by atoms with E-state index in [0.29, 0.717) is 23.2 Å². The highest BCUT2D eigenvalue weighted by molar-refractivity contribution is 5.95. The molecule has 3 rings (SSSR count). The predicted molar refractivity (Wildman–Crippen MR) is 69.9 cm³/mol. The second-order valence-corrected chi connectivity index (χ2v) is 5.02. The Hall–Kier alpha value is -1.82. The predicted octanol–water partition coefficient (Wildman–Crippen LogP) is 1.18. The van der Waals surface area contributed by atoms with Crippen molar-refractivity contribution < 1.29 is 14.3 Å². The summed E-state index contributed by atoms with van der Waals surface area (Å²) in [7, 11) is 1.34. The molecule has 102 valence electrons. The minimum Gasteiger partial charge on any atom is -0.465 e. The van der Waals surface area contributed by atoms with Crippen LogP contribution in [0.5, 0.6) is 0 Å². The van der Waals surface area contributed by atoms with Gasteiger partial charge in [-0.05, 0) is 25.3 Å². The second-order valence-electron chi connectivity index (χ2n) is 5.02. The molecule has 2 saturated heterocycles. The number of rotatable bonds is 3. The number of carbonyl (C=O) groups is 1. The topological polar surface area (TPSA) is 86.5 Å². The van der Waals surface area contributed by atoms with Gasteiger partial charge in [-0.15, -0.1) is 0 Å². The molecule has 2 bridgehead atoms. The molecular weight excluding hydrogens is 246 g/mol. The number of hydrogen-bond donors (Lipinski definition) is 2. The zero-order valence-corrected chi connectivity index (χ0v) is 10.8. The number of nitrogens with one attached hydrogen (secondary N) is 1. The van der Waals surface area contributed by atoms with Crippen LogP contribution in [0, 0.1) is 0 Å². The van der Waals surface area contributed by atoms with Crippen LogP contribution in [0.4, 0.5) is 11.5 Å². The minimum atomic E-state index is -0.439. The fraction of sp³-hybridized carbons (Fsp3) is 0.538. The van der Waals surface area contributed by atoms with Gasteiger partial charge < -0.3 is 20.5 Å². The van der Waals surface area contributed by atoms with Crippen molar-refractivity contribution in [2.45, 2.75) is 37.5 Å². The first-order valence-electron chi connectivity index (χ1n) is 6.43. The summed E-state index contributed by atoms with van der Waals surface area (Å²) in [4.78, 5) is 15.9. The van der Waals surface area contributed by atoms with Crippen LogP contribution in [0.15, 0.2) is 12.3 Å². The molecule has 2 aliphatic heterocycles. The molecule has 3 atom stereocenters. The summed E-state index contributed by atoms with van der Waals surface area (Å²) >= 11 is 0. The molecule has 0 saturated carbocycles. The molecule has 2 aliphatic rings. The molecule has 19 heavy (non-hydrogen) atoms. The minimum absolute atomic E-state index is 0.207. The van der Waals surface area contributed by atoms with Crippen molar-refractivity contribution >= 4 is 17.5 Å². The summed E-state index contributed by atoms with van der Waals surface area (Å²) in [5.41, 5.74) is 6.47. The van der Waals surface area contributed by atoms with E-state index in [1.165, 1.54) is 13.3 Å². The lowest BCUT2D eigenvalue weighted by Gasteiger charge is -2.21. The quantitative estimate of drug-likeness (QED) is 0.796. The highest BCUT2D eigenvalue weighted by Crippen LogP contribution is 2.36. The van der Waals surface area contributed by atoms with E-state index < -0.39 is 5.97 Å². The largest absolute Gasteiger partial charge is 0.465 e. The highest BCUT2D eigenvalue weighted by Gasteiger charge is 2.41. The number of aromatic nitrogens is 1. The van der Waals surface area contributed by atoms with Crippen LogP contribution in [0.3, 0.4) is 0 Å². The number of anilines is 2. The normalized spacial score (nSPS) is 28.4. The maximum Gasteiger partial charge on any atom is 0.341 e. The lowest BCUT2D eigenvalue weighted by molar-refractivity contribution is 0.0601. The van der Waals surface area contributed by atoms with Gasteiger partial charge in [-0.2, -0.15) is 0 Å². The third kappa shape index (κ3) is 2.23. The summed E-state index contributed by atoms with van der Waals surface area (Å²) < 4.78 is 10.5.